The molecule has 11 heteroatoms. The molecule has 0 amide bonds. The van der Waals surface area contributed by atoms with Gasteiger partial charge >= 0.3 is 29.8 Å². The molecule has 1 aliphatic carbocycles. The third-order valence-corrected chi connectivity index (χ3v) is 3.48. The summed E-state index contributed by atoms with van der Waals surface area (Å²) in [6.45, 7) is 5.21. The number of aliphatic hydroxyl groups excluding tert-OH is 1. The van der Waals surface area contributed by atoms with E-state index >= 15 is 0 Å². The minimum Gasteiger partial charge on any atom is -0.455 e. The van der Waals surface area contributed by atoms with E-state index in [4.69, 9.17) is 23.7 Å². The van der Waals surface area contributed by atoms with E-state index in [9.17, 15) is 29.1 Å². The summed E-state index contributed by atoms with van der Waals surface area (Å²) < 4.78 is 25.2. The van der Waals surface area contributed by atoms with Crippen LogP contribution in [0.1, 0.15) is 34.6 Å². The van der Waals surface area contributed by atoms with Gasteiger partial charge in [-0.1, -0.05) is 0 Å². The van der Waals surface area contributed by atoms with Crippen LogP contribution in [0.25, 0.3) is 0 Å². The molecule has 0 aromatic heterocycles. The molecule has 1 saturated carbocycles. The van der Waals surface area contributed by atoms with Gasteiger partial charge in [-0.05, 0) is 0 Å². The molecule has 1 aliphatic rings. The molecule has 0 spiro atoms. The van der Waals surface area contributed by atoms with Crippen molar-refractivity contribution in [3.8, 4) is 0 Å². The zero-order chi connectivity index (χ0) is 20.9. The normalized spacial score (nSPS) is 29.9. The van der Waals surface area contributed by atoms with E-state index in [0.29, 0.717) is 0 Å². The Bertz CT molecular complexity index is 569. The number of hydrogen-bond donors (Lipinski definition) is 1. The second-order valence-electron chi connectivity index (χ2n) is 5.86. The van der Waals surface area contributed by atoms with Crippen LogP contribution in [0.2, 0.25) is 0 Å². The fraction of sp³-hybridized carbons (Fsp3) is 0.688. The first kappa shape index (κ1) is 22.4. The van der Waals surface area contributed by atoms with Crippen molar-refractivity contribution in [1.29, 1.82) is 0 Å². The van der Waals surface area contributed by atoms with Crippen molar-refractivity contribution < 1.29 is 52.8 Å². The van der Waals surface area contributed by atoms with Gasteiger partial charge in [0.1, 0.15) is 6.10 Å². The molecule has 152 valence electrons. The number of ether oxygens (including phenoxy) is 5. The van der Waals surface area contributed by atoms with E-state index in [1.807, 2.05) is 0 Å². The lowest BCUT2D eigenvalue weighted by Crippen LogP contribution is -2.68. The second kappa shape index (κ2) is 9.31. The average Bonchev–Trinajstić information content (AvgIpc) is 2.49. The highest BCUT2D eigenvalue weighted by Crippen LogP contribution is 2.32. The van der Waals surface area contributed by atoms with Crippen molar-refractivity contribution in [3.63, 3.8) is 0 Å². The Kier molecular flexibility index (Phi) is 7.70. The monoisotopic (exact) mass is 390 g/mol. The maximum Gasteiger partial charge on any atom is 0.303 e. The highest BCUT2D eigenvalue weighted by atomic mass is 16.7. The van der Waals surface area contributed by atoms with Gasteiger partial charge in [0.25, 0.3) is 0 Å². The zero-order valence-electron chi connectivity index (χ0n) is 15.5. The SMILES string of the molecule is CC(=O)OC1[C@@H](OC(C)=O)[C@@H](OC(C)=O)C(O)[C@H](OC(C)=O)[C@H]1OC(C)=O. The molecule has 0 bridgehead atoms. The molecule has 6 atom stereocenters. The Morgan fingerprint density at radius 3 is 0.889 bits per heavy atom. The fourth-order valence-electron chi connectivity index (χ4n) is 2.77. The lowest BCUT2D eigenvalue weighted by atomic mass is 9.84. The van der Waals surface area contributed by atoms with Gasteiger partial charge in [0.15, 0.2) is 30.5 Å². The third kappa shape index (κ3) is 6.20. The highest BCUT2D eigenvalue weighted by Gasteiger charge is 2.58. The number of esters is 5. The summed E-state index contributed by atoms with van der Waals surface area (Å²) in [6, 6.07) is 0. The number of carbonyl (C=O) groups excluding carboxylic acids is 5. The van der Waals surface area contributed by atoms with E-state index in [1.54, 1.807) is 0 Å². The molecular formula is C16H22O11. The van der Waals surface area contributed by atoms with Gasteiger partial charge in [-0.2, -0.15) is 0 Å². The maximum atomic E-state index is 11.5. The molecule has 1 rings (SSSR count). The van der Waals surface area contributed by atoms with Crippen LogP contribution < -0.4 is 0 Å². The molecule has 1 N–H and O–H groups in total. The summed E-state index contributed by atoms with van der Waals surface area (Å²) >= 11 is 0. The summed E-state index contributed by atoms with van der Waals surface area (Å²) in [5, 5.41) is 10.6. The van der Waals surface area contributed by atoms with Crippen LogP contribution in [0, 0.1) is 0 Å². The van der Waals surface area contributed by atoms with Gasteiger partial charge < -0.3 is 28.8 Å². The standard InChI is InChI=1S/C16H22O11/c1-6(17)23-12-11(22)13(24-7(2)18)15(26-9(4)20)16(27-10(5)21)14(12)25-8(3)19/h11-16,22H,1-5H3/t11?,12-,13-,14-,15+,16?/m0/s1. The first-order valence-electron chi connectivity index (χ1n) is 7.98. The van der Waals surface area contributed by atoms with Crippen LogP contribution in [-0.2, 0) is 47.7 Å². The summed E-state index contributed by atoms with van der Waals surface area (Å²) in [5.74, 6) is -4.20. The van der Waals surface area contributed by atoms with E-state index in [0.717, 1.165) is 34.6 Å². The van der Waals surface area contributed by atoms with E-state index in [-0.39, 0.29) is 0 Å². The van der Waals surface area contributed by atoms with Crippen LogP contribution in [0.5, 0.6) is 0 Å². The molecule has 0 aromatic rings. The van der Waals surface area contributed by atoms with Gasteiger partial charge in [-0.15, -0.1) is 0 Å². The summed E-state index contributed by atoms with van der Waals surface area (Å²) in [6.07, 6.45) is -9.37. The van der Waals surface area contributed by atoms with Crippen molar-refractivity contribution in [1.82, 2.24) is 0 Å². The van der Waals surface area contributed by atoms with Crippen LogP contribution >= 0.6 is 0 Å². The third-order valence-electron chi connectivity index (χ3n) is 3.48. The topological polar surface area (TPSA) is 152 Å². The van der Waals surface area contributed by atoms with Gasteiger partial charge in [0.05, 0.1) is 0 Å². The molecule has 11 nitrogen and oxygen atoms in total. The van der Waals surface area contributed by atoms with Gasteiger partial charge in [-0.25, -0.2) is 0 Å². The smallest absolute Gasteiger partial charge is 0.303 e. The Hall–Kier alpha value is -2.69. The van der Waals surface area contributed by atoms with Crippen LogP contribution in [0.15, 0.2) is 0 Å². The molecule has 0 radical (unpaired) electrons. The van der Waals surface area contributed by atoms with Gasteiger partial charge in [0, 0.05) is 34.6 Å². The highest BCUT2D eigenvalue weighted by molar-refractivity contribution is 5.70. The number of carbonyl (C=O) groups is 5. The number of aliphatic hydroxyl groups is 1. The minimum atomic E-state index is -1.74. The average molecular weight is 390 g/mol. The predicted molar refractivity (Wildman–Crippen MR) is 83.8 cm³/mol. The summed E-state index contributed by atoms with van der Waals surface area (Å²) in [5.41, 5.74) is 0. The van der Waals surface area contributed by atoms with Crippen LogP contribution in [0.3, 0.4) is 0 Å². The molecule has 0 heterocycles. The lowest BCUT2D eigenvalue weighted by molar-refractivity contribution is -0.255. The van der Waals surface area contributed by atoms with Crippen molar-refractivity contribution >= 4 is 29.8 Å². The number of rotatable bonds is 5. The van der Waals surface area contributed by atoms with Crippen molar-refractivity contribution in [2.24, 2.45) is 0 Å². The van der Waals surface area contributed by atoms with Crippen LogP contribution in [0.4, 0.5) is 0 Å². The largest absolute Gasteiger partial charge is 0.455 e. The van der Waals surface area contributed by atoms with Crippen molar-refractivity contribution in [2.75, 3.05) is 0 Å². The Balaban J connectivity index is 3.46. The molecular weight excluding hydrogens is 368 g/mol. The second-order valence-corrected chi connectivity index (χ2v) is 5.86. The van der Waals surface area contributed by atoms with Gasteiger partial charge in [-0.3, -0.25) is 24.0 Å². The van der Waals surface area contributed by atoms with Crippen LogP contribution in [-0.4, -0.2) is 71.6 Å². The fourth-order valence-corrected chi connectivity index (χ4v) is 2.77. The molecule has 1 fully saturated rings. The molecule has 27 heavy (non-hydrogen) atoms. The van der Waals surface area contributed by atoms with E-state index in [2.05, 4.69) is 0 Å². The van der Waals surface area contributed by atoms with E-state index in [1.165, 1.54) is 0 Å². The minimum absolute atomic E-state index is 0.839. The molecule has 2 unspecified atom stereocenters. The summed E-state index contributed by atoms with van der Waals surface area (Å²) in [4.78, 5) is 57.4. The Morgan fingerprint density at radius 1 is 0.481 bits per heavy atom. The number of hydrogen-bond acceptors (Lipinski definition) is 11. The molecule has 0 aromatic carbocycles. The van der Waals surface area contributed by atoms with Crippen molar-refractivity contribution in [3.05, 3.63) is 0 Å². The molecule has 0 saturated heterocycles. The summed E-state index contributed by atoms with van der Waals surface area (Å²) in [7, 11) is 0. The van der Waals surface area contributed by atoms with E-state index < -0.39 is 66.5 Å². The maximum absolute atomic E-state index is 11.5. The first-order valence-corrected chi connectivity index (χ1v) is 7.98. The van der Waals surface area contributed by atoms with Gasteiger partial charge in [0.2, 0.25) is 0 Å². The first-order chi connectivity index (χ1) is 12.4. The quantitative estimate of drug-likeness (QED) is 0.455. The van der Waals surface area contributed by atoms with Crippen molar-refractivity contribution in [2.45, 2.75) is 71.2 Å². The Morgan fingerprint density at radius 2 is 0.667 bits per heavy atom. The Labute approximate surface area is 154 Å². The lowest BCUT2D eigenvalue weighted by Gasteiger charge is -2.45. The zero-order valence-corrected chi connectivity index (χ0v) is 15.5. The molecule has 0 aliphatic heterocycles. The predicted octanol–water partition coefficient (Wildman–Crippen LogP) is -0.981.